The molecule has 4 rings (SSSR count). The Labute approximate surface area is 178 Å². The summed E-state index contributed by atoms with van der Waals surface area (Å²) < 4.78 is 27.2. The Morgan fingerprint density at radius 2 is 1.83 bits per heavy atom. The Bertz CT molecular complexity index is 936. The van der Waals surface area contributed by atoms with Gasteiger partial charge in [0.2, 0.25) is 21.8 Å². The summed E-state index contributed by atoms with van der Waals surface area (Å²) in [6.45, 7) is 1.81. The lowest BCUT2D eigenvalue weighted by Crippen LogP contribution is -2.42. The van der Waals surface area contributed by atoms with Crippen LogP contribution in [0.1, 0.15) is 57.4 Å². The van der Waals surface area contributed by atoms with Gasteiger partial charge >= 0.3 is 0 Å². The molecule has 3 aliphatic rings. The number of rotatable bonds is 6. The third kappa shape index (κ3) is 3.99. The number of anilines is 1. The van der Waals surface area contributed by atoms with Crippen LogP contribution in [0.4, 0.5) is 5.69 Å². The second-order valence-corrected chi connectivity index (χ2v) is 11.0. The molecule has 30 heavy (non-hydrogen) atoms. The number of sulfonamides is 1. The molecule has 1 atom stereocenters. The molecule has 0 aromatic heterocycles. The first-order chi connectivity index (χ1) is 14.3. The number of carbonyl (C=O) groups is 2. The van der Waals surface area contributed by atoms with E-state index in [-0.39, 0.29) is 41.3 Å². The fourth-order valence-corrected chi connectivity index (χ4v) is 5.94. The molecule has 0 saturated heterocycles. The summed E-state index contributed by atoms with van der Waals surface area (Å²) in [5.74, 6) is -0.00448. The predicted molar refractivity (Wildman–Crippen MR) is 115 cm³/mol. The van der Waals surface area contributed by atoms with E-state index >= 15 is 0 Å². The molecule has 2 aliphatic carbocycles. The molecule has 1 N–H and O–H groups in total. The topological polar surface area (TPSA) is 86.8 Å². The molecule has 7 nitrogen and oxygen atoms in total. The number of fused-ring (bicyclic) bond motifs is 1. The first-order valence-electron chi connectivity index (χ1n) is 11.0. The highest BCUT2D eigenvalue weighted by Crippen LogP contribution is 2.38. The maximum atomic E-state index is 13.0. The molecule has 2 amide bonds. The smallest absolute Gasteiger partial charge is 0.243 e. The summed E-state index contributed by atoms with van der Waals surface area (Å²) in [6, 6.07) is 5.16. The zero-order valence-electron chi connectivity index (χ0n) is 17.8. The third-order valence-electron chi connectivity index (χ3n) is 6.75. The summed E-state index contributed by atoms with van der Waals surface area (Å²) in [5, 5.41) is 2.93. The lowest BCUT2D eigenvalue weighted by molar-refractivity contribution is -0.125. The van der Waals surface area contributed by atoms with Crippen LogP contribution in [0, 0.1) is 5.92 Å². The summed E-state index contributed by atoms with van der Waals surface area (Å²) in [4.78, 5) is 27.1. The van der Waals surface area contributed by atoms with Gasteiger partial charge in [0.1, 0.15) is 0 Å². The minimum atomic E-state index is -3.79. The number of hydrogen-bond donors (Lipinski definition) is 1. The van der Waals surface area contributed by atoms with Gasteiger partial charge in [-0.05, 0) is 62.8 Å². The average molecular weight is 434 g/mol. The highest BCUT2D eigenvalue weighted by molar-refractivity contribution is 7.89. The summed E-state index contributed by atoms with van der Waals surface area (Å²) >= 11 is 0. The zero-order chi connectivity index (χ0) is 21.5. The number of nitrogens with zero attached hydrogens (tertiary/aromatic N) is 2. The van der Waals surface area contributed by atoms with Crippen molar-refractivity contribution in [2.24, 2.45) is 5.92 Å². The first kappa shape index (κ1) is 21.3. The zero-order valence-corrected chi connectivity index (χ0v) is 18.6. The van der Waals surface area contributed by atoms with E-state index < -0.39 is 10.0 Å². The van der Waals surface area contributed by atoms with Gasteiger partial charge in [0, 0.05) is 30.7 Å². The Morgan fingerprint density at radius 1 is 1.13 bits per heavy atom. The maximum Gasteiger partial charge on any atom is 0.243 e. The van der Waals surface area contributed by atoms with E-state index in [0.29, 0.717) is 6.42 Å². The van der Waals surface area contributed by atoms with E-state index in [0.717, 1.165) is 60.5 Å². The van der Waals surface area contributed by atoms with Crippen LogP contribution in [-0.2, 0) is 26.0 Å². The Morgan fingerprint density at radius 3 is 2.47 bits per heavy atom. The molecule has 0 radical (unpaired) electrons. The minimum Gasteiger partial charge on any atom is -0.352 e. The van der Waals surface area contributed by atoms with Gasteiger partial charge in [0.05, 0.1) is 11.4 Å². The molecular formula is C22H31N3O4S. The Balaban J connectivity index is 1.47. The van der Waals surface area contributed by atoms with Gasteiger partial charge in [-0.2, -0.15) is 4.31 Å². The minimum absolute atomic E-state index is 0.0287. The number of carbonyl (C=O) groups excluding carboxylic acids is 2. The van der Waals surface area contributed by atoms with E-state index in [9.17, 15) is 18.0 Å². The first-order valence-corrected chi connectivity index (χ1v) is 12.4. The van der Waals surface area contributed by atoms with Gasteiger partial charge < -0.3 is 10.2 Å². The number of amides is 2. The van der Waals surface area contributed by atoms with Gasteiger partial charge in [0.15, 0.2) is 0 Å². The van der Waals surface area contributed by atoms with Crippen molar-refractivity contribution in [1.82, 2.24) is 9.62 Å². The third-order valence-corrected chi connectivity index (χ3v) is 8.55. The van der Waals surface area contributed by atoms with E-state index in [2.05, 4.69) is 5.32 Å². The standard InChI is InChI=1S/C22H31N3O4S/c1-15-12-17-13-19(10-11-20(17)25(15)22(27)16-6-5-7-16)30(28,29)24(2)14-21(26)23-18-8-3-4-9-18/h10-11,13,15-16,18H,3-9,12,14H2,1-2H3,(H,23,26). The molecule has 2 saturated carbocycles. The van der Waals surface area contributed by atoms with Gasteiger partial charge in [-0.25, -0.2) is 8.42 Å². The lowest BCUT2D eigenvalue weighted by atomic mass is 9.84. The van der Waals surface area contributed by atoms with Crippen LogP contribution >= 0.6 is 0 Å². The van der Waals surface area contributed by atoms with Gasteiger partial charge in [-0.1, -0.05) is 19.3 Å². The fourth-order valence-electron chi connectivity index (χ4n) is 4.77. The van der Waals surface area contributed by atoms with Crippen molar-refractivity contribution < 1.29 is 18.0 Å². The number of likely N-dealkylation sites (N-methyl/N-ethyl adjacent to an activating group) is 1. The van der Waals surface area contributed by atoms with Crippen LogP contribution in [-0.4, -0.2) is 50.2 Å². The van der Waals surface area contributed by atoms with Gasteiger partial charge in [-0.15, -0.1) is 0 Å². The molecule has 164 valence electrons. The summed E-state index contributed by atoms with van der Waals surface area (Å²) in [5.41, 5.74) is 1.69. The quantitative estimate of drug-likeness (QED) is 0.747. The molecule has 2 fully saturated rings. The van der Waals surface area contributed by atoms with Crippen molar-refractivity contribution >= 4 is 27.5 Å². The molecule has 0 bridgehead atoms. The van der Waals surface area contributed by atoms with Gasteiger partial charge in [0.25, 0.3) is 0 Å². The van der Waals surface area contributed by atoms with Crippen LogP contribution in [0.15, 0.2) is 23.1 Å². The molecule has 8 heteroatoms. The number of hydrogen-bond acceptors (Lipinski definition) is 4. The highest BCUT2D eigenvalue weighted by Gasteiger charge is 2.37. The fraction of sp³-hybridized carbons (Fsp3) is 0.636. The Kier molecular flexibility index (Phi) is 5.90. The van der Waals surface area contributed by atoms with Crippen LogP contribution < -0.4 is 10.2 Å². The van der Waals surface area contributed by atoms with Crippen molar-refractivity contribution in [3.63, 3.8) is 0 Å². The average Bonchev–Trinajstić information content (AvgIpc) is 3.25. The molecule has 1 aliphatic heterocycles. The van der Waals surface area contributed by atoms with Crippen molar-refractivity contribution in [2.75, 3.05) is 18.5 Å². The molecule has 1 unspecified atom stereocenters. The van der Waals surface area contributed by atoms with Crippen molar-refractivity contribution in [2.45, 2.75) is 75.3 Å². The second-order valence-electron chi connectivity index (χ2n) is 8.99. The Hall–Kier alpha value is -1.93. The van der Waals surface area contributed by atoms with Gasteiger partial charge in [-0.3, -0.25) is 9.59 Å². The molecule has 1 aromatic carbocycles. The van der Waals surface area contributed by atoms with E-state index in [4.69, 9.17) is 0 Å². The van der Waals surface area contributed by atoms with E-state index in [1.807, 2.05) is 11.8 Å². The van der Waals surface area contributed by atoms with Crippen LogP contribution in [0.2, 0.25) is 0 Å². The van der Waals surface area contributed by atoms with Crippen LogP contribution in [0.5, 0.6) is 0 Å². The van der Waals surface area contributed by atoms with Crippen molar-refractivity contribution in [1.29, 1.82) is 0 Å². The second kappa shape index (κ2) is 8.30. The lowest BCUT2D eigenvalue weighted by Gasteiger charge is -2.32. The number of benzene rings is 1. The maximum absolute atomic E-state index is 13.0. The van der Waals surface area contributed by atoms with Crippen molar-refractivity contribution in [3.8, 4) is 0 Å². The van der Waals surface area contributed by atoms with E-state index in [1.165, 1.54) is 7.05 Å². The normalized spacial score (nSPS) is 22.2. The SMILES string of the molecule is CC1Cc2cc(S(=O)(=O)N(C)CC(=O)NC3CCCC3)ccc2N1C(=O)C1CCC1. The monoisotopic (exact) mass is 433 g/mol. The van der Waals surface area contributed by atoms with Crippen molar-refractivity contribution in [3.05, 3.63) is 23.8 Å². The summed E-state index contributed by atoms with van der Waals surface area (Å²) in [6.07, 6.45) is 7.75. The van der Waals surface area contributed by atoms with E-state index in [1.54, 1.807) is 18.2 Å². The predicted octanol–water partition coefficient (Wildman–Crippen LogP) is 2.44. The molecular weight excluding hydrogens is 402 g/mol. The molecule has 0 spiro atoms. The molecule has 1 heterocycles. The van der Waals surface area contributed by atoms with Crippen LogP contribution in [0.25, 0.3) is 0 Å². The molecule has 1 aromatic rings. The van der Waals surface area contributed by atoms with Crippen LogP contribution in [0.3, 0.4) is 0 Å². The number of nitrogens with one attached hydrogen (secondary N) is 1. The highest BCUT2D eigenvalue weighted by atomic mass is 32.2. The largest absolute Gasteiger partial charge is 0.352 e. The summed E-state index contributed by atoms with van der Waals surface area (Å²) in [7, 11) is -2.35.